The number of Topliss-reactive ketones (excluding diaryl/α,β-unsaturated/α-hetero) is 1. The molecule has 1 aliphatic heterocycles. The predicted molar refractivity (Wildman–Crippen MR) is 90.8 cm³/mol. The van der Waals surface area contributed by atoms with Gasteiger partial charge in [0.05, 0.1) is 17.3 Å². The average Bonchev–Trinajstić information content (AvgIpc) is 2.98. The molecule has 1 aromatic carbocycles. The maximum atomic E-state index is 12.4. The summed E-state index contributed by atoms with van der Waals surface area (Å²) in [6.45, 7) is 4.08. The number of imidazole rings is 1. The van der Waals surface area contributed by atoms with Crippen molar-refractivity contribution >= 4 is 11.5 Å². The zero-order valence-electron chi connectivity index (χ0n) is 13.7. The topological polar surface area (TPSA) is 81.6 Å². The average molecular weight is 318 g/mol. The fourth-order valence-corrected chi connectivity index (χ4v) is 3.46. The quantitative estimate of drug-likeness (QED) is 0.847. The summed E-state index contributed by atoms with van der Waals surface area (Å²) in [5, 5.41) is 12.4. The number of nitrogens with one attached hydrogen (secondary N) is 2. The van der Waals surface area contributed by atoms with Gasteiger partial charge < -0.3 is 10.3 Å². The Bertz CT molecular complexity index is 910. The number of nitrogens with zero attached hydrogens (tertiary/aromatic N) is 2. The van der Waals surface area contributed by atoms with Gasteiger partial charge in [0.1, 0.15) is 11.5 Å². The molecule has 1 aromatic heterocycles. The lowest BCUT2D eigenvalue weighted by atomic mass is 9.83. The maximum absolute atomic E-state index is 12.4. The number of aromatic amines is 1. The van der Waals surface area contributed by atoms with E-state index >= 15 is 0 Å². The van der Waals surface area contributed by atoms with Gasteiger partial charge >= 0.3 is 0 Å². The minimum atomic E-state index is -0.252. The van der Waals surface area contributed by atoms with Crippen LogP contribution >= 0.6 is 0 Å². The number of rotatable bonds is 1. The van der Waals surface area contributed by atoms with E-state index in [1.54, 1.807) is 12.1 Å². The van der Waals surface area contributed by atoms with Crippen LogP contribution < -0.4 is 5.32 Å². The number of H-pyrrole nitrogens is 1. The zero-order valence-corrected chi connectivity index (χ0v) is 13.7. The second kappa shape index (κ2) is 5.07. The molecule has 0 saturated heterocycles. The summed E-state index contributed by atoms with van der Waals surface area (Å²) in [5.74, 6) is 0.998. The predicted octanol–water partition coefficient (Wildman–Crippen LogP) is 2.95. The number of aryl methyl sites for hydroxylation is 1. The summed E-state index contributed by atoms with van der Waals surface area (Å²) in [6.07, 6.45) is 2.07. The molecule has 2 heterocycles. The number of ketones is 1. The Morgan fingerprint density at radius 1 is 1.21 bits per heavy atom. The van der Waals surface area contributed by atoms with E-state index in [1.807, 2.05) is 26.0 Å². The fourth-order valence-electron chi connectivity index (χ4n) is 3.46. The van der Waals surface area contributed by atoms with E-state index < -0.39 is 0 Å². The summed E-state index contributed by atoms with van der Waals surface area (Å²) in [6, 6.07) is 9.47. The van der Waals surface area contributed by atoms with E-state index in [0.717, 1.165) is 46.9 Å². The van der Waals surface area contributed by atoms with Gasteiger partial charge in [-0.2, -0.15) is 5.26 Å². The zero-order chi connectivity index (χ0) is 16.9. The summed E-state index contributed by atoms with van der Waals surface area (Å²) in [5.41, 5.74) is 4.99. The Balaban J connectivity index is 1.78. The van der Waals surface area contributed by atoms with Gasteiger partial charge in [-0.15, -0.1) is 0 Å². The highest BCUT2D eigenvalue weighted by Gasteiger charge is 2.36. The summed E-state index contributed by atoms with van der Waals surface area (Å²) in [7, 11) is 0. The van der Waals surface area contributed by atoms with Gasteiger partial charge in [-0.25, -0.2) is 4.98 Å². The largest absolute Gasteiger partial charge is 0.378 e. The molecule has 24 heavy (non-hydrogen) atoms. The smallest absolute Gasteiger partial charge is 0.163 e. The van der Waals surface area contributed by atoms with Crippen molar-refractivity contribution in [2.75, 3.05) is 0 Å². The molecular weight excluding hydrogens is 300 g/mol. The standard InChI is InChI=1S/C19H18N4O/c1-19(2)9-15(24)13-7-8-14-17(16(13)23-19)22-18(21-14)12-5-3-11(10-20)4-6-12/h3-6,23H,7-9H2,1-2H3,(H,21,22). The van der Waals surface area contributed by atoms with Crippen LogP contribution in [0.4, 0.5) is 0 Å². The SMILES string of the molecule is CC1(C)CC(=O)C2=C(N1)c1nc(-c3ccc(C#N)cc3)[nH]c1CC2. The molecule has 5 heteroatoms. The lowest BCUT2D eigenvalue weighted by Crippen LogP contribution is -2.45. The number of carbonyl (C=O) groups is 1. The second-order valence-electron chi connectivity index (χ2n) is 7.06. The van der Waals surface area contributed by atoms with Crippen molar-refractivity contribution in [3.63, 3.8) is 0 Å². The van der Waals surface area contributed by atoms with Gasteiger partial charge in [-0.3, -0.25) is 4.79 Å². The minimum absolute atomic E-state index is 0.224. The molecule has 0 amide bonds. The third kappa shape index (κ3) is 2.31. The molecule has 0 saturated carbocycles. The van der Waals surface area contributed by atoms with E-state index in [-0.39, 0.29) is 11.3 Å². The monoisotopic (exact) mass is 318 g/mol. The third-order valence-electron chi connectivity index (χ3n) is 4.63. The highest BCUT2D eigenvalue weighted by molar-refractivity contribution is 6.05. The van der Waals surface area contributed by atoms with Gasteiger partial charge in [-0.05, 0) is 51.0 Å². The van der Waals surface area contributed by atoms with Crippen LogP contribution in [0, 0.1) is 11.3 Å². The molecule has 2 aliphatic rings. The Morgan fingerprint density at radius 2 is 1.96 bits per heavy atom. The van der Waals surface area contributed by atoms with Gasteiger partial charge in [0.15, 0.2) is 5.78 Å². The van der Waals surface area contributed by atoms with Gasteiger partial charge in [0.25, 0.3) is 0 Å². The third-order valence-corrected chi connectivity index (χ3v) is 4.63. The van der Waals surface area contributed by atoms with Crippen LogP contribution in [0.2, 0.25) is 0 Å². The van der Waals surface area contributed by atoms with Gasteiger partial charge in [0, 0.05) is 28.8 Å². The number of hydrogen-bond donors (Lipinski definition) is 2. The molecular formula is C19H18N4O. The van der Waals surface area contributed by atoms with Crippen molar-refractivity contribution in [1.82, 2.24) is 15.3 Å². The van der Waals surface area contributed by atoms with Gasteiger partial charge in [-0.1, -0.05) is 0 Å². The molecule has 4 rings (SSSR count). The van der Waals surface area contributed by atoms with Crippen LogP contribution in [0.3, 0.4) is 0 Å². The molecule has 0 bridgehead atoms. The lowest BCUT2D eigenvalue weighted by Gasteiger charge is -2.36. The number of aromatic nitrogens is 2. The van der Waals surface area contributed by atoms with Crippen LogP contribution in [0.1, 0.15) is 43.6 Å². The lowest BCUT2D eigenvalue weighted by molar-refractivity contribution is -0.117. The Hall–Kier alpha value is -2.87. The molecule has 0 radical (unpaired) electrons. The Kier molecular flexibility index (Phi) is 3.10. The number of benzene rings is 1. The molecule has 0 fully saturated rings. The first-order valence-corrected chi connectivity index (χ1v) is 8.11. The Labute approximate surface area is 140 Å². The number of hydrogen-bond acceptors (Lipinski definition) is 4. The summed E-state index contributed by atoms with van der Waals surface area (Å²) in [4.78, 5) is 20.6. The fraction of sp³-hybridized carbons (Fsp3) is 0.316. The number of nitriles is 1. The van der Waals surface area contributed by atoms with Crippen molar-refractivity contribution in [2.45, 2.75) is 38.6 Å². The van der Waals surface area contributed by atoms with E-state index in [0.29, 0.717) is 12.0 Å². The first-order valence-electron chi connectivity index (χ1n) is 8.11. The highest BCUT2D eigenvalue weighted by Crippen LogP contribution is 2.36. The van der Waals surface area contributed by atoms with E-state index in [2.05, 4.69) is 16.4 Å². The molecule has 120 valence electrons. The van der Waals surface area contributed by atoms with Crippen molar-refractivity contribution in [2.24, 2.45) is 0 Å². The summed E-state index contributed by atoms with van der Waals surface area (Å²) >= 11 is 0. The van der Waals surface area contributed by atoms with E-state index in [1.165, 1.54) is 0 Å². The molecule has 1 aliphatic carbocycles. The first-order chi connectivity index (χ1) is 11.5. The van der Waals surface area contributed by atoms with Crippen LogP contribution in [-0.4, -0.2) is 21.3 Å². The number of carbonyl (C=O) groups excluding carboxylic acids is 1. The molecule has 0 atom stereocenters. The van der Waals surface area contributed by atoms with Crippen molar-refractivity contribution in [3.05, 3.63) is 46.8 Å². The summed E-state index contributed by atoms with van der Waals surface area (Å²) < 4.78 is 0. The van der Waals surface area contributed by atoms with Crippen LogP contribution in [0.5, 0.6) is 0 Å². The van der Waals surface area contributed by atoms with E-state index in [4.69, 9.17) is 10.2 Å². The van der Waals surface area contributed by atoms with Crippen LogP contribution in [0.15, 0.2) is 29.8 Å². The van der Waals surface area contributed by atoms with Gasteiger partial charge in [0.2, 0.25) is 0 Å². The van der Waals surface area contributed by atoms with E-state index in [9.17, 15) is 4.79 Å². The van der Waals surface area contributed by atoms with Crippen molar-refractivity contribution in [3.8, 4) is 17.5 Å². The maximum Gasteiger partial charge on any atom is 0.163 e. The van der Waals surface area contributed by atoms with Crippen molar-refractivity contribution in [1.29, 1.82) is 5.26 Å². The molecule has 2 aromatic rings. The molecule has 5 nitrogen and oxygen atoms in total. The van der Waals surface area contributed by atoms with Crippen LogP contribution in [0.25, 0.3) is 17.1 Å². The van der Waals surface area contributed by atoms with Crippen molar-refractivity contribution < 1.29 is 4.79 Å². The highest BCUT2D eigenvalue weighted by atomic mass is 16.1. The number of allylic oxidation sites excluding steroid dienone is 1. The first kappa shape index (κ1) is 14.7. The molecule has 0 spiro atoms. The number of fused-ring (bicyclic) bond motifs is 2. The Morgan fingerprint density at radius 3 is 2.67 bits per heavy atom. The molecule has 2 N–H and O–H groups in total. The van der Waals surface area contributed by atoms with Crippen LogP contribution in [-0.2, 0) is 11.2 Å². The minimum Gasteiger partial charge on any atom is -0.378 e. The molecule has 0 unspecified atom stereocenters. The normalized spacial score (nSPS) is 18.5. The second-order valence-corrected chi connectivity index (χ2v) is 7.06.